The number of hydrogen-bond donors (Lipinski definition) is 1. The highest BCUT2D eigenvalue weighted by atomic mass is 19.1. The molecule has 1 aliphatic heterocycles. The Morgan fingerprint density at radius 3 is 2.21 bits per heavy atom. The number of nitrogens with one attached hydrogen (secondary N) is 1. The second kappa shape index (κ2) is 7.99. The molecule has 0 radical (unpaired) electrons. The predicted molar refractivity (Wildman–Crippen MR) is 89.4 cm³/mol. The number of halogens is 1. The lowest BCUT2D eigenvalue weighted by Crippen LogP contribution is -2.55. The fourth-order valence-corrected chi connectivity index (χ4v) is 2.67. The summed E-state index contributed by atoms with van der Waals surface area (Å²) in [5, 5.41) is 2.74. The molecule has 1 atom stereocenters. The van der Waals surface area contributed by atoms with E-state index >= 15 is 0 Å². The molecule has 7 heteroatoms. The number of hydrogen-bond acceptors (Lipinski definition) is 4. The molecule has 0 aliphatic carbocycles. The highest BCUT2D eigenvalue weighted by Crippen LogP contribution is 2.17. The molecule has 1 heterocycles. The summed E-state index contributed by atoms with van der Waals surface area (Å²) in [7, 11) is 1.31. The van der Waals surface area contributed by atoms with Gasteiger partial charge in [-0.25, -0.2) is 14.0 Å². The second-order valence-corrected chi connectivity index (χ2v) is 6.14. The normalized spacial score (nSPS) is 16.0. The van der Waals surface area contributed by atoms with Crippen LogP contribution in [0.1, 0.15) is 13.8 Å². The molecule has 0 bridgehead atoms. The predicted octanol–water partition coefficient (Wildman–Crippen LogP) is 1.85. The van der Waals surface area contributed by atoms with E-state index < -0.39 is 12.0 Å². The van der Waals surface area contributed by atoms with E-state index in [2.05, 4.69) is 10.2 Å². The van der Waals surface area contributed by atoms with Crippen molar-refractivity contribution in [3.8, 4) is 0 Å². The van der Waals surface area contributed by atoms with Gasteiger partial charge in [0.15, 0.2) is 0 Å². The number of amides is 2. The summed E-state index contributed by atoms with van der Waals surface area (Å²) in [4.78, 5) is 27.9. The zero-order chi connectivity index (χ0) is 17.7. The Kier molecular flexibility index (Phi) is 6.00. The highest BCUT2D eigenvalue weighted by Gasteiger charge is 2.28. The molecule has 2 amide bonds. The van der Waals surface area contributed by atoms with Crippen molar-refractivity contribution >= 4 is 17.7 Å². The monoisotopic (exact) mass is 337 g/mol. The van der Waals surface area contributed by atoms with Crippen LogP contribution in [-0.4, -0.2) is 56.2 Å². The Morgan fingerprint density at radius 1 is 1.12 bits per heavy atom. The molecule has 0 unspecified atom stereocenters. The van der Waals surface area contributed by atoms with Gasteiger partial charge in [-0.3, -0.25) is 0 Å². The van der Waals surface area contributed by atoms with E-state index in [1.54, 1.807) is 17.0 Å². The zero-order valence-electron chi connectivity index (χ0n) is 14.3. The number of rotatable bonds is 4. The van der Waals surface area contributed by atoms with Crippen molar-refractivity contribution < 1.29 is 18.7 Å². The summed E-state index contributed by atoms with van der Waals surface area (Å²) in [5.41, 5.74) is 0.936. The van der Waals surface area contributed by atoms with Crippen LogP contribution in [0.25, 0.3) is 0 Å². The number of urea groups is 1. The van der Waals surface area contributed by atoms with E-state index in [1.165, 1.54) is 19.2 Å². The average molecular weight is 337 g/mol. The summed E-state index contributed by atoms with van der Waals surface area (Å²) in [6, 6.07) is 5.40. The zero-order valence-corrected chi connectivity index (χ0v) is 14.3. The van der Waals surface area contributed by atoms with Crippen molar-refractivity contribution in [2.24, 2.45) is 5.92 Å². The third-order valence-corrected chi connectivity index (χ3v) is 4.16. The summed E-state index contributed by atoms with van der Waals surface area (Å²) < 4.78 is 17.7. The molecule has 1 saturated heterocycles. The number of benzene rings is 1. The standard InChI is InChI=1S/C17H24FN3O3/c1-12(2)15(16(22)24-3)19-17(23)21-10-8-20(9-11-21)14-6-4-13(18)5-7-14/h4-7,12,15H,8-11H2,1-3H3,(H,19,23)/t15-/m0/s1. The van der Waals surface area contributed by atoms with Gasteiger partial charge < -0.3 is 19.9 Å². The van der Waals surface area contributed by atoms with Crippen molar-refractivity contribution in [3.63, 3.8) is 0 Å². The minimum absolute atomic E-state index is 0.0538. The van der Waals surface area contributed by atoms with Crippen molar-refractivity contribution in [2.45, 2.75) is 19.9 Å². The molecule has 1 fully saturated rings. The van der Waals surface area contributed by atoms with Crippen LogP contribution >= 0.6 is 0 Å². The van der Waals surface area contributed by atoms with Crippen LogP contribution in [0.2, 0.25) is 0 Å². The van der Waals surface area contributed by atoms with Gasteiger partial charge in [-0.1, -0.05) is 13.8 Å². The van der Waals surface area contributed by atoms with Gasteiger partial charge in [-0.15, -0.1) is 0 Å². The fraction of sp³-hybridized carbons (Fsp3) is 0.529. The van der Waals surface area contributed by atoms with E-state index in [9.17, 15) is 14.0 Å². The molecular formula is C17H24FN3O3. The SMILES string of the molecule is COC(=O)[C@@H](NC(=O)N1CCN(c2ccc(F)cc2)CC1)C(C)C. The maximum absolute atomic E-state index is 13.0. The van der Waals surface area contributed by atoms with Crippen LogP contribution in [0.4, 0.5) is 14.9 Å². The number of piperazine rings is 1. The molecule has 1 aliphatic rings. The van der Waals surface area contributed by atoms with Crippen LogP contribution in [0.15, 0.2) is 24.3 Å². The number of carbonyl (C=O) groups excluding carboxylic acids is 2. The smallest absolute Gasteiger partial charge is 0.328 e. The first-order chi connectivity index (χ1) is 11.4. The molecular weight excluding hydrogens is 313 g/mol. The van der Waals surface area contributed by atoms with E-state index in [-0.39, 0.29) is 17.8 Å². The molecule has 0 saturated carbocycles. The Bertz CT molecular complexity index is 569. The Morgan fingerprint density at radius 2 is 1.71 bits per heavy atom. The van der Waals surface area contributed by atoms with Gasteiger partial charge in [-0.05, 0) is 30.2 Å². The molecule has 132 valence electrons. The largest absolute Gasteiger partial charge is 0.467 e. The van der Waals surface area contributed by atoms with E-state index in [0.717, 1.165) is 5.69 Å². The van der Waals surface area contributed by atoms with Crippen LogP contribution in [-0.2, 0) is 9.53 Å². The van der Waals surface area contributed by atoms with Crippen LogP contribution in [0.3, 0.4) is 0 Å². The molecule has 1 aromatic carbocycles. The van der Waals surface area contributed by atoms with Gasteiger partial charge in [0.25, 0.3) is 0 Å². The quantitative estimate of drug-likeness (QED) is 0.852. The van der Waals surface area contributed by atoms with E-state index in [4.69, 9.17) is 4.74 Å². The molecule has 24 heavy (non-hydrogen) atoms. The third-order valence-electron chi connectivity index (χ3n) is 4.16. The Labute approximate surface area is 141 Å². The summed E-state index contributed by atoms with van der Waals surface area (Å²) in [5.74, 6) is -0.760. The van der Waals surface area contributed by atoms with Crippen LogP contribution in [0.5, 0.6) is 0 Å². The molecule has 6 nitrogen and oxygen atoms in total. The fourth-order valence-electron chi connectivity index (χ4n) is 2.67. The van der Waals surface area contributed by atoms with E-state index in [0.29, 0.717) is 26.2 Å². The van der Waals surface area contributed by atoms with Crippen molar-refractivity contribution in [1.82, 2.24) is 10.2 Å². The first kappa shape index (κ1) is 18.0. The number of carbonyl (C=O) groups is 2. The topological polar surface area (TPSA) is 61.9 Å². The molecule has 2 rings (SSSR count). The summed E-state index contributed by atoms with van der Waals surface area (Å²) in [6.45, 7) is 6.10. The minimum Gasteiger partial charge on any atom is -0.467 e. The van der Waals surface area contributed by atoms with Crippen molar-refractivity contribution in [2.75, 3.05) is 38.2 Å². The maximum atomic E-state index is 13.0. The third kappa shape index (κ3) is 4.37. The Hall–Kier alpha value is -2.31. The number of esters is 1. The molecule has 1 aromatic rings. The van der Waals surface area contributed by atoms with Gasteiger partial charge in [0, 0.05) is 31.9 Å². The van der Waals surface area contributed by atoms with Gasteiger partial charge in [0.05, 0.1) is 7.11 Å². The van der Waals surface area contributed by atoms with Crippen molar-refractivity contribution in [3.05, 3.63) is 30.1 Å². The minimum atomic E-state index is -0.655. The van der Waals surface area contributed by atoms with Gasteiger partial charge in [-0.2, -0.15) is 0 Å². The Balaban J connectivity index is 1.90. The maximum Gasteiger partial charge on any atom is 0.328 e. The molecule has 0 aromatic heterocycles. The van der Waals surface area contributed by atoms with Gasteiger partial charge in [0.2, 0.25) is 0 Å². The van der Waals surface area contributed by atoms with Crippen molar-refractivity contribution in [1.29, 1.82) is 0 Å². The number of anilines is 1. The number of ether oxygens (including phenoxy) is 1. The molecule has 0 spiro atoms. The summed E-state index contributed by atoms with van der Waals surface area (Å²) >= 11 is 0. The number of nitrogens with zero attached hydrogens (tertiary/aromatic N) is 2. The van der Waals surface area contributed by atoms with E-state index in [1.807, 2.05) is 13.8 Å². The first-order valence-electron chi connectivity index (χ1n) is 8.06. The lowest BCUT2D eigenvalue weighted by molar-refractivity contribution is -0.144. The lowest BCUT2D eigenvalue weighted by Gasteiger charge is -2.36. The summed E-state index contributed by atoms with van der Waals surface area (Å²) in [6.07, 6.45) is 0. The highest BCUT2D eigenvalue weighted by molar-refractivity contribution is 5.83. The van der Waals surface area contributed by atoms with Gasteiger partial charge in [0.1, 0.15) is 11.9 Å². The first-order valence-corrected chi connectivity index (χ1v) is 8.06. The van der Waals surface area contributed by atoms with Crippen LogP contribution < -0.4 is 10.2 Å². The van der Waals surface area contributed by atoms with Crippen LogP contribution in [0, 0.1) is 11.7 Å². The number of methoxy groups -OCH3 is 1. The lowest BCUT2D eigenvalue weighted by atomic mass is 10.1. The molecule has 1 N–H and O–H groups in total. The van der Waals surface area contributed by atoms with Gasteiger partial charge >= 0.3 is 12.0 Å². The average Bonchev–Trinajstić information content (AvgIpc) is 2.59. The second-order valence-electron chi connectivity index (χ2n) is 6.14.